The summed E-state index contributed by atoms with van der Waals surface area (Å²) >= 11 is 5.93. The predicted octanol–water partition coefficient (Wildman–Crippen LogP) is 1.30. The van der Waals surface area contributed by atoms with Crippen LogP contribution in [0.4, 0.5) is 5.69 Å². The van der Waals surface area contributed by atoms with Crippen molar-refractivity contribution in [3.8, 4) is 0 Å². The van der Waals surface area contributed by atoms with E-state index in [1.807, 2.05) is 29.2 Å². The maximum absolute atomic E-state index is 12.7. The van der Waals surface area contributed by atoms with Crippen molar-refractivity contribution in [2.45, 2.75) is 6.42 Å². The van der Waals surface area contributed by atoms with Gasteiger partial charge in [0.1, 0.15) is 0 Å². The van der Waals surface area contributed by atoms with Gasteiger partial charge in [0.2, 0.25) is 5.91 Å². The molecule has 164 valence electrons. The van der Waals surface area contributed by atoms with Gasteiger partial charge in [-0.1, -0.05) is 11.6 Å². The minimum absolute atomic E-state index is 0.117. The fraction of sp³-hybridized carbons (Fsp3) is 0.611. The lowest BCUT2D eigenvalue weighted by atomic mass is 10.1. The highest BCUT2D eigenvalue weighted by atomic mass is 35.5. The Balaban J connectivity index is 0.000000537. The SMILES string of the molecule is COCCN1CCN(CC2CCN(c3ccc(Cl)cc3)C2=O)CC1.O=S(=O)(O)O. The molecule has 2 aliphatic rings. The van der Waals surface area contributed by atoms with Crippen LogP contribution in [0.15, 0.2) is 24.3 Å². The summed E-state index contributed by atoms with van der Waals surface area (Å²) in [5, 5.41) is 0.702. The van der Waals surface area contributed by atoms with Crippen LogP contribution in [-0.4, -0.2) is 92.8 Å². The molecule has 9 nitrogen and oxygen atoms in total. The number of piperazine rings is 1. The monoisotopic (exact) mass is 449 g/mol. The van der Waals surface area contributed by atoms with E-state index in [9.17, 15) is 4.79 Å². The molecule has 1 aromatic rings. The second kappa shape index (κ2) is 11.2. The third-order valence-electron chi connectivity index (χ3n) is 5.01. The summed E-state index contributed by atoms with van der Waals surface area (Å²) in [4.78, 5) is 19.5. The van der Waals surface area contributed by atoms with Gasteiger partial charge in [-0.05, 0) is 30.7 Å². The first-order valence-corrected chi connectivity index (χ1v) is 11.2. The van der Waals surface area contributed by atoms with E-state index < -0.39 is 10.4 Å². The average molecular weight is 450 g/mol. The highest BCUT2D eigenvalue weighted by Gasteiger charge is 2.34. The van der Waals surface area contributed by atoms with E-state index in [4.69, 9.17) is 33.9 Å². The number of amides is 1. The molecular weight excluding hydrogens is 422 g/mol. The number of anilines is 1. The van der Waals surface area contributed by atoms with Crippen LogP contribution < -0.4 is 4.90 Å². The molecule has 1 amide bonds. The van der Waals surface area contributed by atoms with Gasteiger partial charge in [-0.2, -0.15) is 8.42 Å². The van der Waals surface area contributed by atoms with Gasteiger partial charge in [0.15, 0.2) is 0 Å². The molecule has 0 aromatic heterocycles. The lowest BCUT2D eigenvalue weighted by Gasteiger charge is -2.35. The molecule has 1 unspecified atom stereocenters. The summed E-state index contributed by atoms with van der Waals surface area (Å²) in [7, 11) is -2.92. The third kappa shape index (κ3) is 8.55. The van der Waals surface area contributed by atoms with Gasteiger partial charge < -0.3 is 14.5 Å². The zero-order chi connectivity index (χ0) is 21.4. The zero-order valence-electron chi connectivity index (χ0n) is 16.4. The standard InChI is InChI=1S/C18H26ClN3O2.H2O4S/c1-24-13-12-20-8-10-21(11-9-20)14-15-6-7-22(18(15)23)17-4-2-16(19)3-5-17;1-5(2,3)4/h2-5,15H,6-14H2,1H3;(H2,1,2,3,4). The maximum atomic E-state index is 12.7. The molecular formula is C18H28ClN3O6S. The Morgan fingerprint density at radius 1 is 1.07 bits per heavy atom. The quantitative estimate of drug-likeness (QED) is 0.625. The largest absolute Gasteiger partial charge is 0.394 e. The number of hydrogen-bond acceptors (Lipinski definition) is 6. The molecule has 1 aromatic carbocycles. The van der Waals surface area contributed by atoms with Crippen LogP contribution >= 0.6 is 11.6 Å². The predicted molar refractivity (Wildman–Crippen MR) is 111 cm³/mol. The number of carbonyl (C=O) groups excluding carboxylic acids is 1. The van der Waals surface area contributed by atoms with Crippen LogP contribution in [0.5, 0.6) is 0 Å². The molecule has 0 aliphatic carbocycles. The fourth-order valence-electron chi connectivity index (χ4n) is 3.51. The van der Waals surface area contributed by atoms with Gasteiger partial charge in [-0.3, -0.25) is 18.8 Å². The second-order valence-electron chi connectivity index (χ2n) is 7.03. The van der Waals surface area contributed by atoms with Crippen LogP contribution in [-0.2, 0) is 19.9 Å². The first-order chi connectivity index (χ1) is 13.7. The van der Waals surface area contributed by atoms with Crippen molar-refractivity contribution in [3.63, 3.8) is 0 Å². The number of rotatable bonds is 6. The normalized spacial score (nSPS) is 21.2. The molecule has 2 heterocycles. The van der Waals surface area contributed by atoms with E-state index in [2.05, 4.69) is 9.80 Å². The Morgan fingerprint density at radius 2 is 1.62 bits per heavy atom. The molecule has 1 atom stereocenters. The zero-order valence-corrected chi connectivity index (χ0v) is 18.0. The first kappa shape index (κ1) is 24.0. The maximum Gasteiger partial charge on any atom is 0.394 e. The second-order valence-corrected chi connectivity index (χ2v) is 8.37. The highest BCUT2D eigenvalue weighted by molar-refractivity contribution is 7.79. The van der Waals surface area contributed by atoms with Gasteiger partial charge in [0.25, 0.3) is 0 Å². The van der Waals surface area contributed by atoms with Crippen molar-refractivity contribution in [3.05, 3.63) is 29.3 Å². The summed E-state index contributed by atoms with van der Waals surface area (Å²) in [6.45, 7) is 7.66. The number of benzene rings is 1. The van der Waals surface area contributed by atoms with E-state index in [0.29, 0.717) is 5.02 Å². The van der Waals surface area contributed by atoms with Crippen LogP contribution in [0.25, 0.3) is 0 Å². The Labute approximate surface area is 176 Å². The lowest BCUT2D eigenvalue weighted by Crippen LogP contribution is -2.49. The van der Waals surface area contributed by atoms with E-state index in [-0.39, 0.29) is 11.8 Å². The summed E-state index contributed by atoms with van der Waals surface area (Å²) in [6.07, 6.45) is 0.936. The summed E-state index contributed by atoms with van der Waals surface area (Å²) in [6, 6.07) is 7.54. The molecule has 0 saturated carbocycles. The molecule has 11 heteroatoms. The first-order valence-electron chi connectivity index (χ1n) is 9.38. The van der Waals surface area contributed by atoms with E-state index in [1.54, 1.807) is 7.11 Å². The minimum atomic E-state index is -4.67. The van der Waals surface area contributed by atoms with Crippen molar-refractivity contribution in [2.75, 3.05) is 64.4 Å². The van der Waals surface area contributed by atoms with Crippen LogP contribution in [0.3, 0.4) is 0 Å². The Bertz CT molecular complexity index is 745. The van der Waals surface area contributed by atoms with Gasteiger partial charge in [0.05, 0.1) is 12.5 Å². The Morgan fingerprint density at radius 3 is 2.17 bits per heavy atom. The van der Waals surface area contributed by atoms with Crippen LogP contribution in [0, 0.1) is 5.92 Å². The van der Waals surface area contributed by atoms with Gasteiger partial charge in [0, 0.05) is 63.6 Å². The van der Waals surface area contributed by atoms with Crippen LogP contribution in [0.2, 0.25) is 5.02 Å². The number of ether oxygens (including phenoxy) is 1. The molecule has 2 N–H and O–H groups in total. The summed E-state index contributed by atoms with van der Waals surface area (Å²) in [5.41, 5.74) is 0.955. The number of carbonyl (C=O) groups is 1. The van der Waals surface area contributed by atoms with E-state index in [1.165, 1.54) is 0 Å². The van der Waals surface area contributed by atoms with Crippen molar-refractivity contribution >= 4 is 33.6 Å². The Kier molecular flexibility index (Phi) is 9.28. The molecule has 0 spiro atoms. The van der Waals surface area contributed by atoms with E-state index >= 15 is 0 Å². The van der Waals surface area contributed by atoms with Crippen LogP contribution in [0.1, 0.15) is 6.42 Å². The molecule has 3 rings (SSSR count). The smallest absolute Gasteiger partial charge is 0.383 e. The molecule has 2 saturated heterocycles. The third-order valence-corrected chi connectivity index (χ3v) is 5.26. The fourth-order valence-corrected chi connectivity index (χ4v) is 3.64. The lowest BCUT2D eigenvalue weighted by molar-refractivity contribution is -0.121. The molecule has 2 aliphatic heterocycles. The van der Waals surface area contributed by atoms with Gasteiger partial charge in [-0.15, -0.1) is 0 Å². The number of nitrogens with zero attached hydrogens (tertiary/aromatic N) is 3. The van der Waals surface area contributed by atoms with Crippen molar-refractivity contribution in [1.82, 2.24) is 9.80 Å². The van der Waals surface area contributed by atoms with Crippen molar-refractivity contribution in [1.29, 1.82) is 0 Å². The molecule has 0 bridgehead atoms. The number of halogens is 1. The topological polar surface area (TPSA) is 111 Å². The van der Waals surface area contributed by atoms with Crippen molar-refractivity contribution in [2.24, 2.45) is 5.92 Å². The average Bonchev–Trinajstić information content (AvgIpc) is 3.01. The molecule has 29 heavy (non-hydrogen) atoms. The minimum Gasteiger partial charge on any atom is -0.383 e. The Hall–Kier alpha value is -1.27. The summed E-state index contributed by atoms with van der Waals surface area (Å²) in [5.74, 6) is 0.366. The molecule has 2 fully saturated rings. The van der Waals surface area contributed by atoms with Gasteiger partial charge >= 0.3 is 10.4 Å². The number of methoxy groups -OCH3 is 1. The molecule has 0 radical (unpaired) electrons. The summed E-state index contributed by atoms with van der Waals surface area (Å²) < 4.78 is 36.7. The number of hydrogen-bond donors (Lipinski definition) is 2. The van der Waals surface area contributed by atoms with Gasteiger partial charge in [-0.25, -0.2) is 0 Å². The van der Waals surface area contributed by atoms with Crippen molar-refractivity contribution < 1.29 is 27.1 Å². The van der Waals surface area contributed by atoms with E-state index in [0.717, 1.165) is 64.5 Å². The highest BCUT2D eigenvalue weighted by Crippen LogP contribution is 2.27.